The van der Waals surface area contributed by atoms with Crippen molar-refractivity contribution in [1.29, 1.82) is 0 Å². The number of carbonyl (C=O) groups is 1. The average Bonchev–Trinajstić information content (AvgIpc) is 3.11. The van der Waals surface area contributed by atoms with Crippen LogP contribution in [0.4, 0.5) is 0 Å². The summed E-state index contributed by atoms with van der Waals surface area (Å²) < 4.78 is 1.94. The van der Waals surface area contributed by atoms with Crippen LogP contribution in [0.2, 0.25) is 0 Å². The Morgan fingerprint density at radius 3 is 2.74 bits per heavy atom. The Hall–Kier alpha value is -1.40. The van der Waals surface area contributed by atoms with Crippen molar-refractivity contribution in [3.05, 3.63) is 17.5 Å². The lowest BCUT2D eigenvalue weighted by Gasteiger charge is -2.29. The number of nitrogens with zero attached hydrogens (tertiary/aromatic N) is 2. The number of aromatic nitrogens is 2. The van der Waals surface area contributed by atoms with Crippen molar-refractivity contribution < 1.29 is 15.0 Å². The van der Waals surface area contributed by atoms with E-state index < -0.39 is 12.2 Å². The van der Waals surface area contributed by atoms with Crippen LogP contribution in [0.1, 0.15) is 54.2 Å². The van der Waals surface area contributed by atoms with E-state index >= 15 is 0 Å². The topological polar surface area (TPSA) is 87.4 Å². The van der Waals surface area contributed by atoms with Gasteiger partial charge in [0, 0.05) is 12.7 Å². The molecule has 23 heavy (non-hydrogen) atoms. The van der Waals surface area contributed by atoms with Crippen LogP contribution in [-0.4, -0.2) is 44.7 Å². The van der Waals surface area contributed by atoms with Crippen LogP contribution in [0.5, 0.6) is 0 Å². The number of nitrogens with one attached hydrogen (secondary N) is 1. The van der Waals surface area contributed by atoms with Gasteiger partial charge < -0.3 is 15.5 Å². The van der Waals surface area contributed by atoms with Crippen LogP contribution in [0.25, 0.3) is 0 Å². The molecule has 1 amide bonds. The minimum atomic E-state index is -0.626. The Labute approximate surface area is 135 Å². The summed E-state index contributed by atoms with van der Waals surface area (Å²) in [6.07, 6.45) is 5.97. The van der Waals surface area contributed by atoms with E-state index in [1.807, 2.05) is 17.8 Å². The molecule has 3 N–H and O–H groups in total. The van der Waals surface area contributed by atoms with Gasteiger partial charge in [-0.25, -0.2) is 0 Å². The lowest BCUT2D eigenvalue weighted by Crippen LogP contribution is -2.41. The third-order valence-electron chi connectivity index (χ3n) is 6.19. The predicted octanol–water partition coefficient (Wildman–Crippen LogP) is 1.02. The molecule has 2 bridgehead atoms. The molecule has 3 aliphatic carbocycles. The van der Waals surface area contributed by atoms with E-state index in [9.17, 15) is 15.0 Å². The zero-order valence-electron chi connectivity index (χ0n) is 13.5. The number of hydrogen-bond acceptors (Lipinski definition) is 4. The summed E-state index contributed by atoms with van der Waals surface area (Å²) >= 11 is 0. The maximum absolute atomic E-state index is 12.4. The maximum atomic E-state index is 12.4. The molecule has 1 aromatic rings. The molecular formula is C17H25N3O3. The molecule has 5 atom stereocenters. The second-order valence-electron chi connectivity index (χ2n) is 7.54. The van der Waals surface area contributed by atoms with E-state index in [1.54, 1.807) is 0 Å². The Morgan fingerprint density at radius 2 is 2.13 bits per heavy atom. The van der Waals surface area contributed by atoms with E-state index in [0.29, 0.717) is 18.2 Å². The second-order valence-corrected chi connectivity index (χ2v) is 7.54. The normalized spacial score (nSPS) is 36.2. The van der Waals surface area contributed by atoms with Crippen molar-refractivity contribution in [1.82, 2.24) is 15.1 Å². The van der Waals surface area contributed by atoms with Crippen molar-refractivity contribution in [2.24, 2.45) is 17.8 Å². The number of rotatable bonds is 4. The highest BCUT2D eigenvalue weighted by Crippen LogP contribution is 2.48. The number of amides is 1. The maximum Gasteiger partial charge on any atom is 0.254 e. The molecule has 6 nitrogen and oxygen atoms in total. The number of hydrogen-bond donors (Lipinski definition) is 3. The van der Waals surface area contributed by atoms with Crippen LogP contribution >= 0.6 is 0 Å². The summed E-state index contributed by atoms with van der Waals surface area (Å²) in [5.41, 5.74) is 1.43. The minimum Gasteiger partial charge on any atom is -0.390 e. The first kappa shape index (κ1) is 15.1. The predicted molar refractivity (Wildman–Crippen MR) is 83.9 cm³/mol. The Morgan fingerprint density at radius 1 is 1.35 bits per heavy atom. The van der Waals surface area contributed by atoms with E-state index in [-0.39, 0.29) is 23.7 Å². The number of fused-ring (bicyclic) bond motifs is 2. The van der Waals surface area contributed by atoms with Crippen molar-refractivity contribution in [2.45, 2.75) is 57.3 Å². The van der Waals surface area contributed by atoms with Crippen molar-refractivity contribution in [2.75, 3.05) is 6.54 Å². The first-order valence-corrected chi connectivity index (χ1v) is 8.74. The van der Waals surface area contributed by atoms with Gasteiger partial charge in [0.05, 0.1) is 29.5 Å². The molecule has 4 rings (SSSR count). The molecule has 0 radical (unpaired) electrons. The van der Waals surface area contributed by atoms with Gasteiger partial charge in [-0.2, -0.15) is 5.10 Å². The number of aliphatic hydroxyl groups excluding tert-OH is 2. The van der Waals surface area contributed by atoms with Crippen LogP contribution in [0, 0.1) is 24.7 Å². The molecule has 3 fully saturated rings. The molecule has 1 aromatic heterocycles. The van der Waals surface area contributed by atoms with Gasteiger partial charge in [-0.3, -0.25) is 9.48 Å². The fourth-order valence-corrected chi connectivity index (χ4v) is 4.53. The second kappa shape index (κ2) is 5.60. The molecule has 0 unspecified atom stereocenters. The first-order valence-electron chi connectivity index (χ1n) is 8.74. The van der Waals surface area contributed by atoms with Crippen molar-refractivity contribution >= 4 is 5.91 Å². The standard InChI is InChI=1S/C17H25N3O3/c1-9-14(8-20(19-9)12-3-2-4-12)17(23)18-7-11-5-10-6-13(11)16(22)15(10)21/h8,10-13,15-16,21-22H,2-7H2,1H3,(H,18,23)/t10-,11-,13-,15+,16-/m0/s1. The van der Waals surface area contributed by atoms with Gasteiger partial charge in [-0.15, -0.1) is 0 Å². The summed E-state index contributed by atoms with van der Waals surface area (Å²) in [6, 6.07) is 0.456. The molecule has 0 saturated heterocycles. The zero-order valence-corrected chi connectivity index (χ0v) is 13.5. The van der Waals surface area contributed by atoms with Crippen LogP contribution in [0.3, 0.4) is 0 Å². The summed E-state index contributed by atoms with van der Waals surface area (Å²) in [5.74, 6) is 0.504. The Kier molecular flexibility index (Phi) is 3.69. The molecule has 1 heterocycles. The van der Waals surface area contributed by atoms with Crippen molar-refractivity contribution in [3.63, 3.8) is 0 Å². The molecule has 0 aromatic carbocycles. The van der Waals surface area contributed by atoms with E-state index in [1.165, 1.54) is 6.42 Å². The van der Waals surface area contributed by atoms with E-state index in [0.717, 1.165) is 31.4 Å². The fraction of sp³-hybridized carbons (Fsp3) is 0.765. The number of aliphatic hydroxyl groups is 2. The lowest BCUT2D eigenvalue weighted by molar-refractivity contribution is -0.0332. The Balaban J connectivity index is 1.36. The van der Waals surface area contributed by atoms with Gasteiger partial charge in [0.25, 0.3) is 5.91 Å². The lowest BCUT2D eigenvalue weighted by atomic mass is 9.85. The summed E-state index contributed by atoms with van der Waals surface area (Å²) in [4.78, 5) is 12.4. The molecule has 3 aliphatic rings. The number of aryl methyl sites for hydroxylation is 1. The van der Waals surface area contributed by atoms with Gasteiger partial charge in [-0.05, 0) is 56.8 Å². The van der Waals surface area contributed by atoms with Crippen LogP contribution in [-0.2, 0) is 0 Å². The van der Waals surface area contributed by atoms with Gasteiger partial charge in [0.1, 0.15) is 0 Å². The van der Waals surface area contributed by atoms with E-state index in [4.69, 9.17) is 0 Å². The largest absolute Gasteiger partial charge is 0.390 e. The van der Waals surface area contributed by atoms with Gasteiger partial charge in [0.2, 0.25) is 0 Å². The summed E-state index contributed by atoms with van der Waals surface area (Å²) in [6.45, 7) is 2.44. The minimum absolute atomic E-state index is 0.0779. The smallest absolute Gasteiger partial charge is 0.254 e. The first-order chi connectivity index (χ1) is 11.0. The summed E-state index contributed by atoms with van der Waals surface area (Å²) in [7, 11) is 0. The van der Waals surface area contributed by atoms with Crippen LogP contribution in [0.15, 0.2) is 6.20 Å². The molecule has 3 saturated carbocycles. The fourth-order valence-electron chi connectivity index (χ4n) is 4.53. The molecular weight excluding hydrogens is 294 g/mol. The molecule has 0 spiro atoms. The SMILES string of the molecule is Cc1nn(C2CCC2)cc1C(=O)NC[C@@H]1C[C@H]2C[C@@H]1[C@H](O)[C@@H]2O. The third-order valence-corrected chi connectivity index (χ3v) is 6.19. The van der Waals surface area contributed by atoms with Gasteiger partial charge in [0.15, 0.2) is 0 Å². The van der Waals surface area contributed by atoms with E-state index in [2.05, 4.69) is 10.4 Å². The number of carbonyl (C=O) groups excluding carboxylic acids is 1. The Bertz CT molecular complexity index is 608. The third kappa shape index (κ3) is 2.48. The molecule has 0 aliphatic heterocycles. The average molecular weight is 319 g/mol. The highest BCUT2D eigenvalue weighted by Gasteiger charge is 2.51. The zero-order chi connectivity index (χ0) is 16.1. The van der Waals surface area contributed by atoms with Gasteiger partial charge in [-0.1, -0.05) is 0 Å². The molecule has 6 heteroatoms. The molecule has 126 valence electrons. The van der Waals surface area contributed by atoms with Crippen molar-refractivity contribution in [3.8, 4) is 0 Å². The van der Waals surface area contributed by atoms with Crippen LogP contribution < -0.4 is 5.32 Å². The monoisotopic (exact) mass is 319 g/mol. The quantitative estimate of drug-likeness (QED) is 0.773. The van der Waals surface area contributed by atoms with Gasteiger partial charge >= 0.3 is 0 Å². The summed E-state index contributed by atoms with van der Waals surface area (Å²) in [5, 5.41) is 27.3. The highest BCUT2D eigenvalue weighted by atomic mass is 16.3. The highest BCUT2D eigenvalue weighted by molar-refractivity contribution is 5.95.